The lowest BCUT2D eigenvalue weighted by Crippen LogP contribution is -2.19. The van der Waals surface area contributed by atoms with E-state index in [-0.39, 0.29) is 11.4 Å². The number of hydrogen-bond donors (Lipinski definition) is 1. The van der Waals surface area contributed by atoms with Crippen LogP contribution < -0.4 is 0 Å². The van der Waals surface area contributed by atoms with Gasteiger partial charge in [-0.3, -0.25) is 4.79 Å². The molecule has 11 heavy (non-hydrogen) atoms. The van der Waals surface area contributed by atoms with E-state index in [4.69, 9.17) is 5.11 Å². The van der Waals surface area contributed by atoms with Gasteiger partial charge in [0, 0.05) is 5.57 Å². The van der Waals surface area contributed by atoms with E-state index in [2.05, 4.69) is 0 Å². The van der Waals surface area contributed by atoms with Crippen molar-refractivity contribution in [3.05, 3.63) is 23.8 Å². The number of allylic oxidation sites excluding steroid dienone is 3. The predicted molar refractivity (Wildman–Crippen MR) is 39.0 cm³/mol. The van der Waals surface area contributed by atoms with Gasteiger partial charge in [-0.25, -0.2) is 4.79 Å². The van der Waals surface area contributed by atoms with E-state index in [0.29, 0.717) is 0 Å². The van der Waals surface area contributed by atoms with E-state index < -0.39 is 11.9 Å². The Morgan fingerprint density at radius 3 is 2.73 bits per heavy atom. The highest BCUT2D eigenvalue weighted by Gasteiger charge is 2.22. The van der Waals surface area contributed by atoms with Crippen LogP contribution >= 0.6 is 0 Å². The summed E-state index contributed by atoms with van der Waals surface area (Å²) in [6.45, 7) is 1.59. The zero-order valence-corrected chi connectivity index (χ0v) is 6.07. The maximum atomic E-state index is 10.9. The molecule has 0 fully saturated rings. The number of carboxylic acids is 1. The van der Waals surface area contributed by atoms with E-state index in [0.717, 1.165) is 0 Å². The number of carbonyl (C=O) groups is 2. The van der Waals surface area contributed by atoms with Crippen LogP contribution in [0.4, 0.5) is 0 Å². The SMILES string of the molecule is CC1C(=O)C=CC=C1C(=O)O. The van der Waals surface area contributed by atoms with Crippen molar-refractivity contribution in [3.63, 3.8) is 0 Å². The van der Waals surface area contributed by atoms with E-state index in [1.165, 1.54) is 18.2 Å². The molecular formula is C8H8O3. The molecule has 0 saturated heterocycles. The third-order valence-corrected chi connectivity index (χ3v) is 1.68. The number of hydrogen-bond acceptors (Lipinski definition) is 2. The Balaban J connectivity index is 2.96. The number of rotatable bonds is 1. The summed E-state index contributed by atoms with van der Waals surface area (Å²) < 4.78 is 0. The standard InChI is InChI=1S/C8H8O3/c1-5-6(8(10)11)3-2-4-7(5)9/h2-5H,1H3,(H,10,11). The predicted octanol–water partition coefficient (Wildman–Crippen LogP) is 0.772. The molecule has 0 aromatic carbocycles. The van der Waals surface area contributed by atoms with Crippen LogP contribution in [0, 0.1) is 5.92 Å². The molecule has 0 bridgehead atoms. The number of carbonyl (C=O) groups excluding carboxylic acids is 1. The third-order valence-electron chi connectivity index (χ3n) is 1.68. The second-order valence-corrected chi connectivity index (χ2v) is 2.41. The van der Waals surface area contributed by atoms with Gasteiger partial charge in [-0.15, -0.1) is 0 Å². The van der Waals surface area contributed by atoms with Crippen molar-refractivity contribution < 1.29 is 14.7 Å². The van der Waals surface area contributed by atoms with Crippen molar-refractivity contribution in [2.75, 3.05) is 0 Å². The van der Waals surface area contributed by atoms with Gasteiger partial charge in [0.2, 0.25) is 0 Å². The Labute approximate surface area is 64.0 Å². The Kier molecular flexibility index (Phi) is 1.89. The largest absolute Gasteiger partial charge is 0.478 e. The van der Waals surface area contributed by atoms with E-state index in [1.807, 2.05) is 0 Å². The topological polar surface area (TPSA) is 54.4 Å². The summed E-state index contributed by atoms with van der Waals surface area (Å²) in [4.78, 5) is 21.4. The Morgan fingerprint density at radius 2 is 2.27 bits per heavy atom. The van der Waals surface area contributed by atoms with Crippen LogP contribution in [0.15, 0.2) is 23.8 Å². The average Bonchev–Trinajstić information content (AvgIpc) is 1.94. The maximum absolute atomic E-state index is 10.9. The van der Waals surface area contributed by atoms with Gasteiger partial charge in [-0.2, -0.15) is 0 Å². The quantitative estimate of drug-likeness (QED) is 0.603. The van der Waals surface area contributed by atoms with E-state index in [1.54, 1.807) is 6.92 Å². The van der Waals surface area contributed by atoms with Crippen LogP contribution in [0.2, 0.25) is 0 Å². The summed E-state index contributed by atoms with van der Waals surface area (Å²) >= 11 is 0. The molecule has 0 spiro atoms. The first-order valence-electron chi connectivity index (χ1n) is 3.28. The van der Waals surface area contributed by atoms with E-state index in [9.17, 15) is 9.59 Å². The molecule has 0 heterocycles. The lowest BCUT2D eigenvalue weighted by atomic mass is 9.92. The summed E-state index contributed by atoms with van der Waals surface area (Å²) in [7, 11) is 0. The highest BCUT2D eigenvalue weighted by molar-refractivity contribution is 6.03. The molecule has 1 aliphatic carbocycles. The zero-order chi connectivity index (χ0) is 8.43. The lowest BCUT2D eigenvalue weighted by molar-refractivity contribution is -0.134. The van der Waals surface area contributed by atoms with Crippen molar-refractivity contribution in [1.29, 1.82) is 0 Å². The summed E-state index contributed by atoms with van der Waals surface area (Å²) in [6.07, 6.45) is 4.30. The molecule has 1 unspecified atom stereocenters. The summed E-state index contributed by atoms with van der Waals surface area (Å²) in [5.74, 6) is -1.67. The maximum Gasteiger partial charge on any atom is 0.332 e. The molecule has 1 aliphatic rings. The van der Waals surface area contributed by atoms with Crippen molar-refractivity contribution in [3.8, 4) is 0 Å². The second-order valence-electron chi connectivity index (χ2n) is 2.41. The van der Waals surface area contributed by atoms with Gasteiger partial charge in [0.05, 0.1) is 5.92 Å². The molecule has 3 nitrogen and oxygen atoms in total. The van der Waals surface area contributed by atoms with Gasteiger partial charge in [0.15, 0.2) is 5.78 Å². The molecule has 0 amide bonds. The average molecular weight is 152 g/mol. The highest BCUT2D eigenvalue weighted by Crippen LogP contribution is 2.16. The van der Waals surface area contributed by atoms with Gasteiger partial charge in [0.1, 0.15) is 0 Å². The number of aliphatic carboxylic acids is 1. The van der Waals surface area contributed by atoms with Crippen molar-refractivity contribution in [2.45, 2.75) is 6.92 Å². The smallest absolute Gasteiger partial charge is 0.332 e. The molecule has 1 rings (SSSR count). The molecule has 3 heteroatoms. The molecule has 58 valence electrons. The van der Waals surface area contributed by atoms with Gasteiger partial charge >= 0.3 is 5.97 Å². The Bertz CT molecular complexity index is 261. The molecule has 1 atom stereocenters. The number of carboxylic acid groups (broad SMARTS) is 1. The lowest BCUT2D eigenvalue weighted by Gasteiger charge is -2.10. The van der Waals surface area contributed by atoms with Gasteiger partial charge in [-0.1, -0.05) is 19.1 Å². The molecule has 0 aromatic rings. The first kappa shape index (κ1) is 7.72. The fourth-order valence-corrected chi connectivity index (χ4v) is 0.945. The minimum Gasteiger partial charge on any atom is -0.478 e. The zero-order valence-electron chi connectivity index (χ0n) is 6.07. The van der Waals surface area contributed by atoms with Gasteiger partial charge in [0.25, 0.3) is 0 Å². The van der Waals surface area contributed by atoms with Crippen molar-refractivity contribution >= 4 is 11.8 Å². The third kappa shape index (κ3) is 1.37. The minimum atomic E-state index is -1.02. The fourth-order valence-electron chi connectivity index (χ4n) is 0.945. The van der Waals surface area contributed by atoms with Gasteiger partial charge in [-0.05, 0) is 6.08 Å². The van der Waals surface area contributed by atoms with Crippen LogP contribution in [0.3, 0.4) is 0 Å². The minimum absolute atomic E-state index is 0.148. The van der Waals surface area contributed by atoms with E-state index >= 15 is 0 Å². The van der Waals surface area contributed by atoms with Crippen LogP contribution in [0.5, 0.6) is 0 Å². The normalized spacial score (nSPS) is 23.2. The second kappa shape index (κ2) is 2.70. The molecule has 0 aromatic heterocycles. The van der Waals surface area contributed by atoms with Gasteiger partial charge < -0.3 is 5.11 Å². The molecule has 1 N–H and O–H groups in total. The summed E-state index contributed by atoms with van der Waals surface area (Å²) in [5, 5.41) is 8.57. The Hall–Kier alpha value is -1.38. The highest BCUT2D eigenvalue weighted by atomic mass is 16.4. The van der Waals surface area contributed by atoms with Crippen LogP contribution in [-0.4, -0.2) is 16.9 Å². The molecule has 0 radical (unpaired) electrons. The number of ketones is 1. The van der Waals surface area contributed by atoms with Crippen molar-refractivity contribution in [2.24, 2.45) is 5.92 Å². The summed E-state index contributed by atoms with van der Waals surface area (Å²) in [6, 6.07) is 0. The van der Waals surface area contributed by atoms with Crippen molar-refractivity contribution in [1.82, 2.24) is 0 Å². The van der Waals surface area contributed by atoms with Crippen LogP contribution in [0.1, 0.15) is 6.92 Å². The summed E-state index contributed by atoms with van der Waals surface area (Å²) in [5.41, 5.74) is 0.164. The first-order valence-corrected chi connectivity index (χ1v) is 3.28. The molecular weight excluding hydrogens is 144 g/mol. The molecule has 0 aliphatic heterocycles. The fraction of sp³-hybridized carbons (Fsp3) is 0.250. The first-order chi connectivity index (χ1) is 5.13. The Morgan fingerprint density at radius 1 is 1.64 bits per heavy atom. The molecule has 0 saturated carbocycles. The van der Waals surface area contributed by atoms with Crippen LogP contribution in [0.25, 0.3) is 0 Å². The monoisotopic (exact) mass is 152 g/mol. The van der Waals surface area contributed by atoms with Crippen LogP contribution in [-0.2, 0) is 9.59 Å².